The number of amides is 1. The van der Waals surface area contributed by atoms with Crippen LogP contribution in [0, 0.1) is 0 Å². The highest BCUT2D eigenvalue weighted by Gasteiger charge is 2.23. The molecule has 0 saturated heterocycles. The van der Waals surface area contributed by atoms with Gasteiger partial charge in [-0.05, 0) is 18.2 Å². The number of anilines is 1. The molecule has 1 aliphatic rings. The average Bonchev–Trinajstić information content (AvgIpc) is 2.55. The highest BCUT2D eigenvalue weighted by Crippen LogP contribution is 2.31. The van der Waals surface area contributed by atoms with Crippen LogP contribution in [0.3, 0.4) is 0 Å². The third kappa shape index (κ3) is 3.17. The van der Waals surface area contributed by atoms with Crippen LogP contribution >= 0.6 is 0 Å². The fourth-order valence-corrected chi connectivity index (χ4v) is 2.23. The number of para-hydroxylation sites is 2. The van der Waals surface area contributed by atoms with Gasteiger partial charge >= 0.3 is 0 Å². The molecule has 0 bridgehead atoms. The van der Waals surface area contributed by atoms with Gasteiger partial charge in [-0.3, -0.25) is 4.79 Å². The van der Waals surface area contributed by atoms with E-state index in [1.165, 1.54) is 0 Å². The van der Waals surface area contributed by atoms with Gasteiger partial charge < -0.3 is 19.9 Å². The standard InChI is InChI=1S/C16H16N2O4/c19-9-11-4-3-7-17-16(11)18-15(20)8-12-10-21-13-5-1-2-6-14(13)22-12/h1-7,12,19H,8-10H2,(H,17,18,20). The molecule has 0 saturated carbocycles. The first kappa shape index (κ1) is 14.3. The van der Waals surface area contributed by atoms with E-state index in [9.17, 15) is 9.90 Å². The number of nitrogens with one attached hydrogen (secondary N) is 1. The summed E-state index contributed by atoms with van der Waals surface area (Å²) in [6, 6.07) is 10.8. The molecule has 1 aromatic heterocycles. The zero-order valence-electron chi connectivity index (χ0n) is 11.9. The third-order valence-electron chi connectivity index (χ3n) is 3.30. The summed E-state index contributed by atoms with van der Waals surface area (Å²) >= 11 is 0. The monoisotopic (exact) mass is 300 g/mol. The van der Waals surface area contributed by atoms with E-state index in [2.05, 4.69) is 10.3 Å². The molecule has 6 nitrogen and oxygen atoms in total. The summed E-state index contributed by atoms with van der Waals surface area (Å²) in [5.74, 6) is 1.46. The Morgan fingerprint density at radius 2 is 2.09 bits per heavy atom. The topological polar surface area (TPSA) is 80.7 Å². The maximum Gasteiger partial charge on any atom is 0.229 e. The van der Waals surface area contributed by atoms with E-state index in [0.29, 0.717) is 29.5 Å². The molecule has 0 radical (unpaired) electrons. The van der Waals surface area contributed by atoms with Crippen LogP contribution in [0.15, 0.2) is 42.6 Å². The lowest BCUT2D eigenvalue weighted by atomic mass is 10.2. The number of benzene rings is 1. The molecule has 2 N–H and O–H groups in total. The van der Waals surface area contributed by atoms with Crippen molar-refractivity contribution in [2.45, 2.75) is 19.1 Å². The molecule has 1 aliphatic heterocycles. The van der Waals surface area contributed by atoms with Crippen molar-refractivity contribution in [1.82, 2.24) is 4.98 Å². The van der Waals surface area contributed by atoms with Crippen molar-refractivity contribution < 1.29 is 19.4 Å². The Morgan fingerprint density at radius 1 is 1.27 bits per heavy atom. The fourth-order valence-electron chi connectivity index (χ4n) is 2.23. The maximum atomic E-state index is 12.1. The van der Waals surface area contributed by atoms with Crippen LogP contribution in [-0.2, 0) is 11.4 Å². The second-order valence-electron chi connectivity index (χ2n) is 4.92. The van der Waals surface area contributed by atoms with E-state index >= 15 is 0 Å². The zero-order valence-corrected chi connectivity index (χ0v) is 11.9. The minimum absolute atomic E-state index is 0.149. The Balaban J connectivity index is 1.61. The van der Waals surface area contributed by atoms with Crippen LogP contribution < -0.4 is 14.8 Å². The molecule has 0 fully saturated rings. The molecule has 1 aromatic carbocycles. The number of ether oxygens (including phenoxy) is 2. The Labute approximate surface area is 127 Å². The minimum atomic E-state index is -0.351. The fraction of sp³-hybridized carbons (Fsp3) is 0.250. The van der Waals surface area contributed by atoms with Gasteiger partial charge in [-0.1, -0.05) is 18.2 Å². The first-order chi connectivity index (χ1) is 10.8. The lowest BCUT2D eigenvalue weighted by molar-refractivity contribution is -0.118. The summed E-state index contributed by atoms with van der Waals surface area (Å²) < 4.78 is 11.3. The number of carbonyl (C=O) groups is 1. The van der Waals surface area contributed by atoms with Crippen molar-refractivity contribution in [1.29, 1.82) is 0 Å². The molecule has 1 amide bonds. The van der Waals surface area contributed by atoms with Gasteiger partial charge in [0.2, 0.25) is 5.91 Å². The number of aromatic nitrogens is 1. The molecule has 0 aliphatic carbocycles. The van der Waals surface area contributed by atoms with E-state index in [-0.39, 0.29) is 25.0 Å². The summed E-state index contributed by atoms with van der Waals surface area (Å²) in [7, 11) is 0. The van der Waals surface area contributed by atoms with E-state index in [4.69, 9.17) is 9.47 Å². The van der Waals surface area contributed by atoms with Gasteiger partial charge in [-0.2, -0.15) is 0 Å². The quantitative estimate of drug-likeness (QED) is 0.899. The van der Waals surface area contributed by atoms with E-state index < -0.39 is 0 Å². The number of aliphatic hydroxyl groups is 1. The van der Waals surface area contributed by atoms with Crippen LogP contribution in [0.25, 0.3) is 0 Å². The normalized spacial score (nSPS) is 16.1. The van der Waals surface area contributed by atoms with Gasteiger partial charge in [0.1, 0.15) is 18.5 Å². The van der Waals surface area contributed by atoms with Crippen molar-refractivity contribution >= 4 is 11.7 Å². The van der Waals surface area contributed by atoms with Crippen molar-refractivity contribution in [3.63, 3.8) is 0 Å². The van der Waals surface area contributed by atoms with Crippen LogP contribution in [0.5, 0.6) is 11.5 Å². The minimum Gasteiger partial charge on any atom is -0.486 e. The molecule has 2 aromatic rings. The van der Waals surface area contributed by atoms with E-state index in [0.717, 1.165) is 0 Å². The number of fused-ring (bicyclic) bond motifs is 1. The van der Waals surface area contributed by atoms with Gasteiger partial charge in [-0.15, -0.1) is 0 Å². The SMILES string of the molecule is O=C(CC1COc2ccccc2O1)Nc1ncccc1CO. The molecule has 114 valence electrons. The molecule has 2 heterocycles. The highest BCUT2D eigenvalue weighted by atomic mass is 16.6. The van der Waals surface area contributed by atoms with Gasteiger partial charge in [0.05, 0.1) is 13.0 Å². The zero-order chi connectivity index (χ0) is 15.4. The summed E-state index contributed by atoms with van der Waals surface area (Å²) in [4.78, 5) is 16.1. The molecule has 1 atom stereocenters. The summed E-state index contributed by atoms with van der Waals surface area (Å²) in [5.41, 5.74) is 0.571. The van der Waals surface area contributed by atoms with Gasteiger partial charge in [0.25, 0.3) is 0 Å². The molecular formula is C16H16N2O4. The largest absolute Gasteiger partial charge is 0.486 e. The molecule has 1 unspecified atom stereocenters. The third-order valence-corrected chi connectivity index (χ3v) is 3.30. The number of carbonyl (C=O) groups excluding carboxylic acids is 1. The number of hydrogen-bond acceptors (Lipinski definition) is 5. The van der Waals surface area contributed by atoms with E-state index in [1.807, 2.05) is 24.3 Å². The smallest absolute Gasteiger partial charge is 0.229 e. The predicted octanol–water partition coefficient (Wildman–Crippen LogP) is 1.74. The van der Waals surface area contributed by atoms with Crippen LogP contribution in [0.4, 0.5) is 5.82 Å². The van der Waals surface area contributed by atoms with Crippen molar-refractivity contribution in [2.75, 3.05) is 11.9 Å². The van der Waals surface area contributed by atoms with Gasteiger partial charge in [0, 0.05) is 11.8 Å². The Bertz CT molecular complexity index is 675. The van der Waals surface area contributed by atoms with Gasteiger partial charge in [0.15, 0.2) is 11.5 Å². The van der Waals surface area contributed by atoms with Crippen molar-refractivity contribution in [3.8, 4) is 11.5 Å². The van der Waals surface area contributed by atoms with Crippen molar-refractivity contribution in [3.05, 3.63) is 48.2 Å². The lowest BCUT2D eigenvalue weighted by Crippen LogP contribution is -2.33. The second kappa shape index (κ2) is 6.44. The Hall–Kier alpha value is -2.60. The highest BCUT2D eigenvalue weighted by molar-refractivity contribution is 5.90. The first-order valence-corrected chi connectivity index (χ1v) is 6.99. The molecule has 22 heavy (non-hydrogen) atoms. The van der Waals surface area contributed by atoms with Crippen molar-refractivity contribution in [2.24, 2.45) is 0 Å². The van der Waals surface area contributed by atoms with Gasteiger partial charge in [-0.25, -0.2) is 4.98 Å². The molecule has 3 rings (SSSR count). The number of rotatable bonds is 4. The molecular weight excluding hydrogens is 284 g/mol. The summed E-state index contributed by atoms with van der Waals surface area (Å²) in [6.45, 7) is 0.138. The molecule has 6 heteroatoms. The van der Waals surface area contributed by atoms with Crippen LogP contribution in [-0.4, -0.2) is 28.7 Å². The number of pyridine rings is 1. The predicted molar refractivity (Wildman–Crippen MR) is 79.8 cm³/mol. The van der Waals surface area contributed by atoms with Crippen LogP contribution in [0.1, 0.15) is 12.0 Å². The first-order valence-electron chi connectivity index (χ1n) is 6.99. The Morgan fingerprint density at radius 3 is 2.91 bits per heavy atom. The summed E-state index contributed by atoms with van der Waals surface area (Å²) in [5, 5.41) is 11.9. The maximum absolute atomic E-state index is 12.1. The summed E-state index contributed by atoms with van der Waals surface area (Å²) in [6.07, 6.45) is 1.36. The molecule has 0 spiro atoms. The second-order valence-corrected chi connectivity index (χ2v) is 4.92. The average molecular weight is 300 g/mol. The number of nitrogens with zero attached hydrogens (tertiary/aromatic N) is 1. The Kier molecular flexibility index (Phi) is 4.20. The number of hydrogen-bond donors (Lipinski definition) is 2. The lowest BCUT2D eigenvalue weighted by Gasteiger charge is -2.26. The number of aliphatic hydroxyl groups excluding tert-OH is 1. The van der Waals surface area contributed by atoms with Crippen LogP contribution in [0.2, 0.25) is 0 Å². The van der Waals surface area contributed by atoms with E-state index in [1.54, 1.807) is 18.3 Å².